The Balaban J connectivity index is 2.63. The Hall–Kier alpha value is -1.37. The molecule has 0 heterocycles. The number of hydrogen-bond donors (Lipinski definition) is 2. The van der Waals surface area contributed by atoms with Crippen LogP contribution in [0.5, 0.6) is 5.75 Å². The third kappa shape index (κ3) is 5.86. The first kappa shape index (κ1) is 24.9. The highest BCUT2D eigenvalue weighted by molar-refractivity contribution is 7.48. The van der Waals surface area contributed by atoms with Crippen molar-refractivity contribution in [2.24, 2.45) is 0 Å². The summed E-state index contributed by atoms with van der Waals surface area (Å²) in [4.78, 5) is 0. The number of rotatable bonds is 8. The summed E-state index contributed by atoms with van der Waals surface area (Å²) in [5.41, 5.74) is 3.36. The number of aliphatic hydroxyl groups is 1. The average Bonchev–Trinajstić information content (AvgIpc) is 2.62. The normalized spacial score (nSPS) is 15.0. The lowest BCUT2D eigenvalue weighted by Crippen LogP contribution is -2.27. The van der Waals surface area contributed by atoms with E-state index in [2.05, 4.69) is 58.9 Å². The quantitative estimate of drug-likeness (QED) is 0.350. The number of unbranched alkanes of at least 4 members (excludes halogenated alkanes) is 2. The Kier molecular flexibility index (Phi) is 7.81. The Morgan fingerprint density at radius 1 is 0.900 bits per heavy atom. The highest BCUT2D eigenvalue weighted by Gasteiger charge is 2.33. The van der Waals surface area contributed by atoms with Gasteiger partial charge in [-0.25, -0.2) is 0 Å². The second-order valence-corrected chi connectivity index (χ2v) is 12.4. The zero-order valence-electron chi connectivity index (χ0n) is 20.2. The van der Waals surface area contributed by atoms with Crippen LogP contribution in [0.4, 0.5) is 0 Å². The fraction of sp³-hybridized carbons (Fsp3) is 0.556. The third-order valence-electron chi connectivity index (χ3n) is 6.04. The lowest BCUT2D eigenvalue weighted by atomic mass is 9.82. The number of hydrogen-bond acceptors (Lipinski definition) is 2. The van der Waals surface area contributed by atoms with Gasteiger partial charge < -0.3 is 10.2 Å². The summed E-state index contributed by atoms with van der Waals surface area (Å²) in [6.45, 7) is 16.9. The monoisotopic (exact) mass is 428 g/mol. The van der Waals surface area contributed by atoms with E-state index in [1.54, 1.807) is 0 Å². The van der Waals surface area contributed by atoms with Crippen LogP contribution in [0.3, 0.4) is 0 Å². The van der Waals surface area contributed by atoms with E-state index in [1.807, 2.05) is 32.9 Å². The van der Waals surface area contributed by atoms with Crippen LogP contribution >= 0.6 is 8.58 Å². The molecule has 2 unspecified atom stereocenters. The highest BCUT2D eigenvalue weighted by Crippen LogP contribution is 2.50. The molecule has 0 aliphatic rings. The molecule has 3 heteroatoms. The molecule has 0 spiro atoms. The van der Waals surface area contributed by atoms with Crippen molar-refractivity contribution in [3.8, 4) is 5.75 Å². The van der Waals surface area contributed by atoms with E-state index in [-0.39, 0.29) is 10.6 Å². The summed E-state index contributed by atoms with van der Waals surface area (Å²) >= 11 is 0. The number of benzene rings is 2. The lowest BCUT2D eigenvalue weighted by Gasteiger charge is -2.35. The second kappa shape index (κ2) is 9.41. The van der Waals surface area contributed by atoms with Gasteiger partial charge in [-0.2, -0.15) is 0 Å². The molecule has 30 heavy (non-hydrogen) atoms. The van der Waals surface area contributed by atoms with Crippen LogP contribution in [0.1, 0.15) is 96.4 Å². The fourth-order valence-electron chi connectivity index (χ4n) is 4.05. The van der Waals surface area contributed by atoms with E-state index in [1.165, 1.54) is 23.7 Å². The largest absolute Gasteiger partial charge is 0.507 e. The van der Waals surface area contributed by atoms with Gasteiger partial charge in [-0.1, -0.05) is 98.9 Å². The predicted molar refractivity (Wildman–Crippen MR) is 133 cm³/mol. The molecule has 0 aliphatic carbocycles. The molecule has 2 aromatic carbocycles. The van der Waals surface area contributed by atoms with Crippen molar-refractivity contribution in [3.63, 3.8) is 0 Å². The average molecular weight is 429 g/mol. The van der Waals surface area contributed by atoms with E-state index < -0.39 is 5.60 Å². The zero-order valence-corrected chi connectivity index (χ0v) is 21.2. The van der Waals surface area contributed by atoms with E-state index in [4.69, 9.17) is 0 Å². The van der Waals surface area contributed by atoms with Crippen LogP contribution < -0.4 is 5.30 Å². The number of phenols is 1. The first-order valence-electron chi connectivity index (χ1n) is 11.2. The molecule has 0 bridgehead atoms. The van der Waals surface area contributed by atoms with Crippen LogP contribution in [-0.2, 0) is 16.2 Å². The van der Waals surface area contributed by atoms with Crippen molar-refractivity contribution >= 4 is 13.9 Å². The molecule has 2 aromatic rings. The lowest BCUT2D eigenvalue weighted by molar-refractivity contribution is 0.0797. The molecule has 0 amide bonds. The predicted octanol–water partition coefficient (Wildman–Crippen LogP) is 7.03. The molecule has 0 saturated heterocycles. The Labute approximate surface area is 185 Å². The standard InChI is InChI=1S/C27H41O2P/c1-9-10-13-16-27(8,30-23-15-12-11-14-21(23)26(6,7)29)22-18-20(25(3,4)5)17-19(2)24(22)28/h11-12,14-15,17-18,28-30H,9-10,13,16H2,1-8H3. The topological polar surface area (TPSA) is 40.5 Å². The number of aromatic hydroxyl groups is 1. The van der Waals surface area contributed by atoms with Crippen molar-refractivity contribution < 1.29 is 10.2 Å². The molecule has 0 fully saturated rings. The maximum absolute atomic E-state index is 11.1. The number of aryl methyl sites for hydroxylation is 1. The minimum atomic E-state index is -0.890. The zero-order chi connectivity index (χ0) is 22.7. The van der Waals surface area contributed by atoms with Crippen molar-refractivity contribution in [1.29, 1.82) is 0 Å². The van der Waals surface area contributed by atoms with Gasteiger partial charge in [0.05, 0.1) is 5.60 Å². The molecule has 2 N–H and O–H groups in total. The molecule has 0 radical (unpaired) electrons. The molecule has 166 valence electrons. The summed E-state index contributed by atoms with van der Waals surface area (Å²) in [6, 6.07) is 12.6. The van der Waals surface area contributed by atoms with Gasteiger partial charge in [0, 0.05) is 10.7 Å². The van der Waals surface area contributed by atoms with Crippen LogP contribution in [0, 0.1) is 6.92 Å². The van der Waals surface area contributed by atoms with E-state index in [0.717, 1.165) is 29.5 Å². The summed E-state index contributed by atoms with van der Waals surface area (Å²) < 4.78 is 0. The van der Waals surface area contributed by atoms with Crippen molar-refractivity contribution in [2.75, 3.05) is 0 Å². The maximum atomic E-state index is 11.1. The van der Waals surface area contributed by atoms with Gasteiger partial charge in [-0.15, -0.1) is 0 Å². The van der Waals surface area contributed by atoms with E-state index in [9.17, 15) is 10.2 Å². The molecule has 0 aliphatic heterocycles. The van der Waals surface area contributed by atoms with Crippen LogP contribution in [0.2, 0.25) is 0 Å². The third-order valence-corrected chi connectivity index (χ3v) is 7.81. The van der Waals surface area contributed by atoms with Crippen molar-refractivity contribution in [3.05, 3.63) is 58.7 Å². The highest BCUT2D eigenvalue weighted by atomic mass is 31.1. The van der Waals surface area contributed by atoms with Crippen molar-refractivity contribution in [1.82, 2.24) is 0 Å². The van der Waals surface area contributed by atoms with Gasteiger partial charge in [-0.05, 0) is 54.6 Å². The Bertz CT molecular complexity index is 858. The van der Waals surface area contributed by atoms with Gasteiger partial charge in [-0.3, -0.25) is 0 Å². The van der Waals surface area contributed by atoms with E-state index >= 15 is 0 Å². The van der Waals surface area contributed by atoms with Crippen LogP contribution in [-0.4, -0.2) is 10.2 Å². The molecule has 2 atom stereocenters. The summed E-state index contributed by atoms with van der Waals surface area (Å²) in [7, 11) is 0.462. The van der Waals surface area contributed by atoms with Gasteiger partial charge in [0.15, 0.2) is 0 Å². The first-order valence-corrected chi connectivity index (χ1v) is 12.2. The Morgan fingerprint density at radius 3 is 2.10 bits per heavy atom. The van der Waals surface area contributed by atoms with Crippen molar-refractivity contribution in [2.45, 2.75) is 97.2 Å². The fourth-order valence-corrected chi connectivity index (χ4v) is 5.97. The molecular weight excluding hydrogens is 387 g/mol. The van der Waals surface area contributed by atoms with Gasteiger partial charge in [0.2, 0.25) is 0 Å². The summed E-state index contributed by atoms with van der Waals surface area (Å²) in [5, 5.41) is 22.9. The Morgan fingerprint density at radius 2 is 1.53 bits per heavy atom. The minimum Gasteiger partial charge on any atom is -0.507 e. The smallest absolute Gasteiger partial charge is 0.122 e. The summed E-state index contributed by atoms with van der Waals surface area (Å²) in [5.74, 6) is 0.426. The maximum Gasteiger partial charge on any atom is 0.122 e. The summed E-state index contributed by atoms with van der Waals surface area (Å²) in [6.07, 6.45) is 4.50. The second-order valence-electron chi connectivity index (χ2n) is 10.5. The van der Waals surface area contributed by atoms with Crippen LogP contribution in [0.15, 0.2) is 36.4 Å². The molecular formula is C27H41O2P. The first-order chi connectivity index (χ1) is 13.8. The number of phenolic OH excluding ortho intramolecular Hbond substituents is 1. The van der Waals surface area contributed by atoms with Gasteiger partial charge in [0.25, 0.3) is 0 Å². The van der Waals surface area contributed by atoms with Gasteiger partial charge >= 0.3 is 0 Å². The SMILES string of the molecule is CCCCCC(C)(Pc1ccccc1C(C)(C)O)c1cc(C(C)(C)C)cc(C)c1O. The molecule has 0 aromatic heterocycles. The minimum absolute atomic E-state index is 0.0195. The molecule has 0 saturated carbocycles. The van der Waals surface area contributed by atoms with Crippen LogP contribution in [0.25, 0.3) is 0 Å². The van der Waals surface area contributed by atoms with Gasteiger partial charge in [0.1, 0.15) is 5.75 Å². The molecule has 2 rings (SSSR count). The van der Waals surface area contributed by atoms with E-state index in [0.29, 0.717) is 14.3 Å². The molecule has 2 nitrogen and oxygen atoms in total.